The Morgan fingerprint density at radius 3 is 2.02 bits per heavy atom. The monoisotopic (exact) mass is 693 g/mol. The SMILES string of the molecule is Cc1ccc(-c2c(C(C)(c3ccccc3-c3cccc[n+]3C)[n+]3ccccc3-c3ccccc3C)ccc3c4ccccc4n(CC(C)C)c23)[n+](C)c1. The van der Waals surface area contributed by atoms with Crippen LogP contribution in [0.4, 0.5) is 0 Å². The summed E-state index contributed by atoms with van der Waals surface area (Å²) in [6.07, 6.45) is 6.69. The van der Waals surface area contributed by atoms with Crippen molar-refractivity contribution >= 4 is 21.8 Å². The van der Waals surface area contributed by atoms with Crippen molar-refractivity contribution in [2.45, 2.75) is 46.7 Å². The van der Waals surface area contributed by atoms with E-state index in [-0.39, 0.29) is 0 Å². The Kier molecular flexibility index (Phi) is 8.78. The molecular formula is C49H49N4+3. The summed E-state index contributed by atoms with van der Waals surface area (Å²) in [6, 6.07) is 49.2. The fourth-order valence-electron chi connectivity index (χ4n) is 8.62. The van der Waals surface area contributed by atoms with E-state index in [1.807, 2.05) is 0 Å². The minimum Gasteiger partial charge on any atom is -0.340 e. The van der Waals surface area contributed by atoms with Crippen molar-refractivity contribution < 1.29 is 13.7 Å². The number of pyridine rings is 3. The third-order valence-corrected chi connectivity index (χ3v) is 11.1. The van der Waals surface area contributed by atoms with Crippen molar-refractivity contribution in [3.8, 4) is 33.8 Å². The van der Waals surface area contributed by atoms with E-state index in [9.17, 15) is 0 Å². The van der Waals surface area contributed by atoms with Gasteiger partial charge < -0.3 is 4.57 Å². The maximum Gasteiger partial charge on any atom is 0.218 e. The van der Waals surface area contributed by atoms with E-state index < -0.39 is 5.54 Å². The lowest BCUT2D eigenvalue weighted by atomic mass is 9.77. The zero-order valence-corrected chi connectivity index (χ0v) is 32.0. The molecule has 0 aliphatic rings. The van der Waals surface area contributed by atoms with Crippen LogP contribution in [0.15, 0.2) is 152 Å². The zero-order chi connectivity index (χ0) is 36.9. The zero-order valence-electron chi connectivity index (χ0n) is 32.0. The number of fused-ring (bicyclic) bond motifs is 3. The summed E-state index contributed by atoms with van der Waals surface area (Å²) in [7, 11) is 4.34. The van der Waals surface area contributed by atoms with Gasteiger partial charge in [-0.15, -0.1) is 0 Å². The van der Waals surface area contributed by atoms with Crippen LogP contribution in [0.25, 0.3) is 55.6 Å². The average Bonchev–Trinajstić information content (AvgIpc) is 3.47. The van der Waals surface area contributed by atoms with E-state index in [1.54, 1.807) is 0 Å². The molecule has 0 spiro atoms. The molecule has 0 radical (unpaired) electrons. The smallest absolute Gasteiger partial charge is 0.218 e. The summed E-state index contributed by atoms with van der Waals surface area (Å²) in [4.78, 5) is 0. The lowest BCUT2D eigenvalue weighted by molar-refractivity contribution is -0.730. The predicted molar refractivity (Wildman–Crippen MR) is 217 cm³/mol. The van der Waals surface area contributed by atoms with Crippen LogP contribution in [0.1, 0.15) is 43.0 Å². The number of aromatic nitrogens is 4. The molecule has 4 heteroatoms. The molecule has 0 aliphatic heterocycles. The average molecular weight is 694 g/mol. The van der Waals surface area contributed by atoms with Gasteiger partial charge in [-0.25, -0.2) is 9.13 Å². The molecule has 0 aliphatic carbocycles. The molecule has 0 N–H and O–H groups in total. The molecule has 8 rings (SSSR count). The molecule has 4 nitrogen and oxygen atoms in total. The van der Waals surface area contributed by atoms with Crippen LogP contribution in [-0.4, -0.2) is 4.57 Å². The number of nitrogens with zero attached hydrogens (tertiary/aromatic N) is 4. The van der Waals surface area contributed by atoms with Gasteiger partial charge in [0.25, 0.3) is 0 Å². The molecule has 262 valence electrons. The molecule has 0 amide bonds. The summed E-state index contributed by atoms with van der Waals surface area (Å²) >= 11 is 0. The number of aryl methyl sites for hydroxylation is 4. The first-order chi connectivity index (χ1) is 25.7. The summed E-state index contributed by atoms with van der Waals surface area (Å²) < 4.78 is 9.69. The molecule has 53 heavy (non-hydrogen) atoms. The van der Waals surface area contributed by atoms with E-state index in [2.05, 4.69) is 219 Å². The number of hydrogen-bond acceptors (Lipinski definition) is 0. The van der Waals surface area contributed by atoms with Crippen molar-refractivity contribution in [2.24, 2.45) is 20.0 Å². The molecule has 0 saturated carbocycles. The van der Waals surface area contributed by atoms with Crippen LogP contribution in [-0.2, 0) is 26.2 Å². The molecule has 4 aromatic carbocycles. The molecule has 1 unspecified atom stereocenters. The van der Waals surface area contributed by atoms with E-state index in [4.69, 9.17) is 0 Å². The van der Waals surface area contributed by atoms with Gasteiger partial charge in [0.1, 0.15) is 14.1 Å². The van der Waals surface area contributed by atoms with E-state index >= 15 is 0 Å². The second-order valence-corrected chi connectivity index (χ2v) is 15.2. The van der Waals surface area contributed by atoms with Gasteiger partial charge in [-0.05, 0) is 61.7 Å². The van der Waals surface area contributed by atoms with Crippen LogP contribution in [0.2, 0.25) is 0 Å². The standard InChI is InChI=1S/C49H49N4/c1-34(2)32-52-44-24-13-11-20-38(44)39-27-28-42(47(48(39)52)46-29-26-35(3)33-51(46)7)49(5,41-22-12-10-21-40(41)43-23-14-16-30-50(43)6)53-31-17-15-25-45(53)37-19-9-8-18-36(37)4/h8-31,33-34H,32H2,1-7H3/q+3. The first kappa shape index (κ1) is 34.2. The highest BCUT2D eigenvalue weighted by Crippen LogP contribution is 2.45. The first-order valence-electron chi connectivity index (χ1n) is 18.8. The Morgan fingerprint density at radius 1 is 0.585 bits per heavy atom. The van der Waals surface area contributed by atoms with E-state index in [0.29, 0.717) is 5.92 Å². The summed E-state index contributed by atoms with van der Waals surface area (Å²) in [5, 5.41) is 2.57. The van der Waals surface area contributed by atoms with Crippen LogP contribution in [0.3, 0.4) is 0 Å². The van der Waals surface area contributed by atoms with E-state index in [1.165, 1.54) is 77.8 Å². The fourth-order valence-corrected chi connectivity index (χ4v) is 8.62. The first-order valence-corrected chi connectivity index (χ1v) is 18.8. The van der Waals surface area contributed by atoms with Crippen molar-refractivity contribution in [2.75, 3.05) is 0 Å². The number of para-hydroxylation sites is 1. The molecule has 0 saturated heterocycles. The topological polar surface area (TPSA) is 16.6 Å². The van der Waals surface area contributed by atoms with Crippen LogP contribution < -0.4 is 13.7 Å². The van der Waals surface area contributed by atoms with Crippen molar-refractivity contribution in [1.29, 1.82) is 0 Å². The van der Waals surface area contributed by atoms with Crippen LogP contribution >= 0.6 is 0 Å². The fraction of sp³-hybridized carbons (Fsp3) is 0.204. The molecule has 8 aromatic rings. The highest BCUT2D eigenvalue weighted by atomic mass is 15.1. The largest absolute Gasteiger partial charge is 0.340 e. The Morgan fingerprint density at radius 2 is 1.26 bits per heavy atom. The van der Waals surface area contributed by atoms with Gasteiger partial charge in [0.05, 0.1) is 16.6 Å². The number of hydrogen-bond donors (Lipinski definition) is 0. The van der Waals surface area contributed by atoms with Crippen molar-refractivity contribution in [3.63, 3.8) is 0 Å². The third-order valence-electron chi connectivity index (χ3n) is 11.1. The number of rotatable bonds is 8. The van der Waals surface area contributed by atoms with Gasteiger partial charge in [0, 0.05) is 82.3 Å². The molecule has 4 aromatic heterocycles. The Labute approximate surface area is 313 Å². The van der Waals surface area contributed by atoms with E-state index in [0.717, 1.165) is 6.54 Å². The van der Waals surface area contributed by atoms with Crippen LogP contribution in [0, 0.1) is 19.8 Å². The Bertz CT molecular complexity index is 2550. The molecule has 0 fully saturated rings. The minimum absolute atomic E-state index is 0.457. The number of benzene rings is 4. The molecule has 4 heterocycles. The minimum atomic E-state index is -0.682. The van der Waals surface area contributed by atoms with Gasteiger partial charge in [-0.3, -0.25) is 0 Å². The molecular weight excluding hydrogens is 645 g/mol. The highest BCUT2D eigenvalue weighted by Gasteiger charge is 2.47. The van der Waals surface area contributed by atoms with Crippen LogP contribution in [0.5, 0.6) is 0 Å². The Hall–Kier alpha value is -5.87. The summed E-state index contributed by atoms with van der Waals surface area (Å²) in [5.74, 6) is 0.457. The maximum absolute atomic E-state index is 2.59. The lowest BCUT2D eigenvalue weighted by Crippen LogP contribution is -2.57. The van der Waals surface area contributed by atoms with Gasteiger partial charge in [-0.1, -0.05) is 80.6 Å². The van der Waals surface area contributed by atoms with Crippen molar-refractivity contribution in [1.82, 2.24) is 4.57 Å². The van der Waals surface area contributed by atoms with Gasteiger partial charge in [0.15, 0.2) is 18.6 Å². The highest BCUT2D eigenvalue weighted by molar-refractivity contribution is 6.13. The van der Waals surface area contributed by atoms with Gasteiger partial charge in [0.2, 0.25) is 22.6 Å². The maximum atomic E-state index is 2.59. The second-order valence-electron chi connectivity index (χ2n) is 15.2. The summed E-state index contributed by atoms with van der Waals surface area (Å²) in [6.45, 7) is 12.4. The quantitative estimate of drug-likeness (QED) is 0.141. The van der Waals surface area contributed by atoms with Gasteiger partial charge in [-0.2, -0.15) is 4.57 Å². The third kappa shape index (κ3) is 5.74. The lowest BCUT2D eigenvalue weighted by Gasteiger charge is -2.31. The molecule has 1 atom stereocenters. The normalized spacial score (nSPS) is 12.8. The van der Waals surface area contributed by atoms with Gasteiger partial charge >= 0.3 is 0 Å². The second kappa shape index (κ2) is 13.6. The van der Waals surface area contributed by atoms with Crippen molar-refractivity contribution in [3.05, 3.63) is 174 Å². The Balaban J connectivity index is 1.60. The molecule has 0 bridgehead atoms. The predicted octanol–water partition coefficient (Wildman–Crippen LogP) is 9.82. The summed E-state index contributed by atoms with van der Waals surface area (Å²) in [5.41, 5.74) is 14.0.